The monoisotopic (exact) mass is 493 g/mol. The maximum absolute atomic E-state index is 13.3. The Morgan fingerprint density at radius 1 is 0.966 bits per heavy atom. The minimum atomic E-state index is -4.07. The van der Waals surface area contributed by atoms with Crippen LogP contribution in [0.3, 0.4) is 0 Å². The van der Waals surface area contributed by atoms with Crippen LogP contribution in [0.2, 0.25) is 10.0 Å². The molecule has 0 amide bonds. The minimum Gasteiger partial charge on any atom is -0.222 e. The molecule has 0 saturated heterocycles. The summed E-state index contributed by atoms with van der Waals surface area (Å²) in [4.78, 5) is -0.154. The zero-order valence-electron chi connectivity index (χ0n) is 14.5. The molecule has 3 rings (SSSR count). The number of hydrogen-bond donors (Lipinski definition) is 1. The second-order valence-corrected chi connectivity index (χ2v) is 11.8. The minimum absolute atomic E-state index is 0.0517. The number of halogens is 3. The molecule has 0 radical (unpaired) electrons. The zero-order valence-corrected chi connectivity index (χ0v) is 18.5. The molecule has 1 N–H and O–H groups in total. The van der Waals surface area contributed by atoms with E-state index in [2.05, 4.69) is 4.72 Å². The van der Waals surface area contributed by atoms with Gasteiger partial charge in [-0.1, -0.05) is 41.4 Å². The Morgan fingerprint density at radius 2 is 1.66 bits per heavy atom. The third-order valence-corrected chi connectivity index (χ3v) is 9.74. The van der Waals surface area contributed by atoms with Crippen molar-refractivity contribution >= 4 is 54.4 Å². The summed E-state index contributed by atoms with van der Waals surface area (Å²) in [6, 6.07) is 11.7. The van der Waals surface area contributed by atoms with Gasteiger partial charge in [-0.3, -0.25) is 0 Å². The molecule has 3 aromatic rings. The maximum Gasteiger partial charge on any atom is 0.240 e. The van der Waals surface area contributed by atoms with E-state index in [9.17, 15) is 21.2 Å². The largest absolute Gasteiger partial charge is 0.240 e. The first-order valence-electron chi connectivity index (χ1n) is 8.09. The van der Waals surface area contributed by atoms with Crippen LogP contribution in [0.15, 0.2) is 69.1 Å². The summed E-state index contributed by atoms with van der Waals surface area (Å²) >= 11 is 12.7. The molecule has 0 aliphatic carbocycles. The lowest BCUT2D eigenvalue weighted by molar-refractivity contribution is 0.569. The summed E-state index contributed by atoms with van der Waals surface area (Å²) in [6.45, 7) is -0.450. The molecule has 0 spiro atoms. The number of benzene rings is 2. The van der Waals surface area contributed by atoms with Gasteiger partial charge in [-0.05, 0) is 47.3 Å². The average Bonchev–Trinajstić information content (AvgIpc) is 3.21. The molecular formula is C18H14Cl2FNO4S3. The molecule has 0 aliphatic rings. The van der Waals surface area contributed by atoms with E-state index in [1.54, 1.807) is 11.4 Å². The first-order valence-corrected chi connectivity index (χ1v) is 12.8. The standard InChI is InChI=1S/C18H14Cl2FNO4S3/c19-15-8-7-14(10-16(15)20)29(25,26)22-11-17(12-3-5-13(21)6-4-12)28(23,24)18-2-1-9-27-18/h1-10,17,22H,11H2. The normalized spacial score (nSPS) is 13.3. The third-order valence-electron chi connectivity index (χ3n) is 4.05. The molecule has 29 heavy (non-hydrogen) atoms. The predicted molar refractivity (Wildman–Crippen MR) is 112 cm³/mol. The molecule has 154 valence electrons. The van der Waals surface area contributed by atoms with Crippen LogP contribution in [-0.2, 0) is 19.9 Å². The lowest BCUT2D eigenvalue weighted by Crippen LogP contribution is -2.31. The van der Waals surface area contributed by atoms with Crippen LogP contribution in [0.4, 0.5) is 4.39 Å². The van der Waals surface area contributed by atoms with Gasteiger partial charge in [-0.2, -0.15) is 0 Å². The van der Waals surface area contributed by atoms with E-state index < -0.39 is 37.5 Å². The lowest BCUT2D eigenvalue weighted by atomic mass is 10.1. The Morgan fingerprint density at radius 3 is 2.24 bits per heavy atom. The number of nitrogens with one attached hydrogen (secondary N) is 1. The molecule has 1 aromatic heterocycles. The molecule has 0 fully saturated rings. The van der Waals surface area contributed by atoms with E-state index >= 15 is 0 Å². The highest BCUT2D eigenvalue weighted by molar-refractivity contribution is 7.93. The van der Waals surface area contributed by atoms with Crippen molar-refractivity contribution in [3.63, 3.8) is 0 Å². The van der Waals surface area contributed by atoms with E-state index in [-0.39, 0.29) is 24.7 Å². The highest BCUT2D eigenvalue weighted by Gasteiger charge is 2.31. The highest BCUT2D eigenvalue weighted by atomic mass is 35.5. The van der Waals surface area contributed by atoms with Crippen molar-refractivity contribution in [1.29, 1.82) is 0 Å². The van der Waals surface area contributed by atoms with Gasteiger partial charge in [0.15, 0.2) is 9.84 Å². The zero-order chi connectivity index (χ0) is 21.2. The van der Waals surface area contributed by atoms with Crippen LogP contribution < -0.4 is 4.72 Å². The van der Waals surface area contributed by atoms with Crippen molar-refractivity contribution in [3.8, 4) is 0 Å². The van der Waals surface area contributed by atoms with Gasteiger partial charge in [0.1, 0.15) is 15.3 Å². The summed E-state index contributed by atoms with van der Waals surface area (Å²) in [5.41, 5.74) is 0.261. The van der Waals surface area contributed by atoms with Crippen molar-refractivity contribution in [1.82, 2.24) is 4.72 Å². The summed E-state index contributed by atoms with van der Waals surface area (Å²) in [5.74, 6) is -0.530. The number of thiophene rings is 1. The van der Waals surface area contributed by atoms with Crippen molar-refractivity contribution in [3.05, 3.63) is 81.4 Å². The fraction of sp³-hybridized carbons (Fsp3) is 0.111. The van der Waals surface area contributed by atoms with Crippen LogP contribution in [0.25, 0.3) is 0 Å². The smallest absolute Gasteiger partial charge is 0.222 e. The Bertz CT molecular complexity index is 1210. The van der Waals surface area contributed by atoms with Crippen LogP contribution in [-0.4, -0.2) is 23.4 Å². The van der Waals surface area contributed by atoms with Gasteiger partial charge < -0.3 is 0 Å². The van der Waals surface area contributed by atoms with E-state index in [4.69, 9.17) is 23.2 Å². The van der Waals surface area contributed by atoms with Crippen LogP contribution >= 0.6 is 34.5 Å². The first kappa shape index (κ1) is 22.2. The Kier molecular flexibility index (Phi) is 6.67. The van der Waals surface area contributed by atoms with Gasteiger partial charge >= 0.3 is 0 Å². The van der Waals surface area contributed by atoms with Crippen molar-refractivity contribution in [2.75, 3.05) is 6.54 Å². The van der Waals surface area contributed by atoms with Crippen LogP contribution in [0, 0.1) is 5.82 Å². The van der Waals surface area contributed by atoms with Gasteiger partial charge in [-0.25, -0.2) is 25.9 Å². The maximum atomic E-state index is 13.3. The van der Waals surface area contributed by atoms with Crippen molar-refractivity contribution < 1.29 is 21.2 Å². The third kappa shape index (κ3) is 4.99. The van der Waals surface area contributed by atoms with Crippen molar-refractivity contribution in [2.45, 2.75) is 14.4 Å². The van der Waals surface area contributed by atoms with E-state index in [1.165, 1.54) is 36.4 Å². The Hall–Kier alpha value is -1.49. The molecule has 1 atom stereocenters. The predicted octanol–water partition coefficient (Wildman–Crippen LogP) is 4.69. The fourth-order valence-electron chi connectivity index (χ4n) is 2.56. The van der Waals surface area contributed by atoms with Crippen molar-refractivity contribution in [2.24, 2.45) is 0 Å². The topological polar surface area (TPSA) is 80.3 Å². The SMILES string of the molecule is O=S(=O)(NCC(c1ccc(F)cc1)S(=O)(=O)c1cccs1)c1ccc(Cl)c(Cl)c1. The van der Waals surface area contributed by atoms with Gasteiger partial charge in [0.25, 0.3) is 0 Å². The second kappa shape index (κ2) is 8.71. The van der Waals surface area contributed by atoms with Crippen LogP contribution in [0.1, 0.15) is 10.8 Å². The summed E-state index contributed by atoms with van der Waals surface area (Å²) in [7, 11) is -7.99. The number of sulfone groups is 1. The van der Waals surface area contributed by atoms with Gasteiger partial charge in [0, 0.05) is 6.54 Å². The van der Waals surface area contributed by atoms with Gasteiger partial charge in [-0.15, -0.1) is 11.3 Å². The first-order chi connectivity index (χ1) is 13.6. The molecule has 0 saturated carbocycles. The van der Waals surface area contributed by atoms with Crippen LogP contribution in [0.5, 0.6) is 0 Å². The lowest BCUT2D eigenvalue weighted by Gasteiger charge is -2.18. The quantitative estimate of drug-likeness (QED) is 0.517. The molecular weight excluding hydrogens is 480 g/mol. The number of hydrogen-bond acceptors (Lipinski definition) is 5. The van der Waals surface area contributed by atoms with E-state index in [1.807, 2.05) is 0 Å². The second-order valence-electron chi connectivity index (χ2n) is 5.95. The van der Waals surface area contributed by atoms with Gasteiger partial charge in [0.05, 0.1) is 14.9 Å². The van der Waals surface area contributed by atoms with E-state index in [0.29, 0.717) is 0 Å². The highest BCUT2D eigenvalue weighted by Crippen LogP contribution is 2.32. The molecule has 1 heterocycles. The Labute approximate surface area is 182 Å². The molecule has 0 bridgehead atoms. The molecule has 1 unspecified atom stereocenters. The summed E-state index contributed by atoms with van der Waals surface area (Å²) in [6.07, 6.45) is 0. The molecule has 2 aromatic carbocycles. The molecule has 11 heteroatoms. The number of rotatable bonds is 7. The number of sulfonamides is 1. The molecule has 5 nitrogen and oxygen atoms in total. The fourth-order valence-corrected chi connectivity index (χ4v) is 6.97. The summed E-state index contributed by atoms with van der Waals surface area (Å²) in [5, 5.41) is 0.597. The van der Waals surface area contributed by atoms with Gasteiger partial charge in [0.2, 0.25) is 10.0 Å². The summed E-state index contributed by atoms with van der Waals surface area (Å²) < 4.78 is 67.1. The molecule has 0 aliphatic heterocycles. The Balaban J connectivity index is 1.95. The average molecular weight is 494 g/mol. The van der Waals surface area contributed by atoms with E-state index in [0.717, 1.165) is 23.5 Å².